The Labute approximate surface area is 151 Å². The summed E-state index contributed by atoms with van der Waals surface area (Å²) in [5.41, 5.74) is 0.830. The molecule has 0 saturated carbocycles. The SMILES string of the molecule is CC(CCNC(C)c1cccc2ccccc12)NC(=O)OC(C)(C)C. The number of hydrogen-bond donors (Lipinski definition) is 2. The fraction of sp³-hybridized carbons (Fsp3) is 0.476. The molecule has 25 heavy (non-hydrogen) atoms. The molecule has 0 spiro atoms. The lowest BCUT2D eigenvalue weighted by Gasteiger charge is -2.22. The zero-order valence-electron chi connectivity index (χ0n) is 15.9. The summed E-state index contributed by atoms with van der Waals surface area (Å²) in [5.74, 6) is 0. The molecule has 2 rings (SSSR count). The minimum absolute atomic E-state index is 0.0575. The van der Waals surface area contributed by atoms with Crippen LogP contribution < -0.4 is 10.6 Å². The van der Waals surface area contributed by atoms with Crippen LogP contribution >= 0.6 is 0 Å². The highest BCUT2D eigenvalue weighted by molar-refractivity contribution is 5.86. The number of hydrogen-bond acceptors (Lipinski definition) is 3. The fourth-order valence-electron chi connectivity index (χ4n) is 2.84. The molecule has 0 fully saturated rings. The number of amides is 1. The van der Waals surface area contributed by atoms with Crippen LogP contribution in [-0.2, 0) is 4.74 Å². The molecular weight excluding hydrogens is 312 g/mol. The maximum Gasteiger partial charge on any atom is 0.407 e. The van der Waals surface area contributed by atoms with Gasteiger partial charge in [0.15, 0.2) is 0 Å². The lowest BCUT2D eigenvalue weighted by Crippen LogP contribution is -2.39. The number of benzene rings is 2. The van der Waals surface area contributed by atoms with E-state index in [-0.39, 0.29) is 18.2 Å². The number of rotatable bonds is 6. The molecule has 0 saturated heterocycles. The minimum Gasteiger partial charge on any atom is -0.444 e. The van der Waals surface area contributed by atoms with Gasteiger partial charge in [-0.2, -0.15) is 0 Å². The molecule has 4 nitrogen and oxygen atoms in total. The molecule has 136 valence electrons. The van der Waals surface area contributed by atoms with Crippen molar-refractivity contribution in [2.45, 2.75) is 58.7 Å². The van der Waals surface area contributed by atoms with Crippen LogP contribution in [0.15, 0.2) is 42.5 Å². The van der Waals surface area contributed by atoms with Gasteiger partial charge in [-0.15, -0.1) is 0 Å². The first-order valence-corrected chi connectivity index (χ1v) is 8.97. The molecule has 0 aliphatic rings. The van der Waals surface area contributed by atoms with Crippen molar-refractivity contribution in [1.82, 2.24) is 10.6 Å². The van der Waals surface area contributed by atoms with Crippen molar-refractivity contribution in [2.75, 3.05) is 6.54 Å². The number of nitrogens with one attached hydrogen (secondary N) is 2. The third-order valence-corrected chi connectivity index (χ3v) is 4.08. The van der Waals surface area contributed by atoms with Gasteiger partial charge in [0.05, 0.1) is 0 Å². The van der Waals surface area contributed by atoms with Crippen molar-refractivity contribution in [3.8, 4) is 0 Å². The van der Waals surface area contributed by atoms with Gasteiger partial charge in [-0.25, -0.2) is 4.79 Å². The molecule has 0 aliphatic heterocycles. The van der Waals surface area contributed by atoms with E-state index in [1.165, 1.54) is 16.3 Å². The number of fused-ring (bicyclic) bond motifs is 1. The molecule has 0 heterocycles. The number of carbonyl (C=O) groups is 1. The zero-order valence-corrected chi connectivity index (χ0v) is 15.9. The van der Waals surface area contributed by atoms with Gasteiger partial charge in [0.25, 0.3) is 0 Å². The smallest absolute Gasteiger partial charge is 0.407 e. The summed E-state index contributed by atoms with van der Waals surface area (Å²) in [6, 6.07) is 15.2. The van der Waals surface area contributed by atoms with E-state index in [0.717, 1.165) is 13.0 Å². The van der Waals surface area contributed by atoms with Crippen LogP contribution in [0.4, 0.5) is 4.79 Å². The lowest BCUT2D eigenvalue weighted by atomic mass is 9.99. The van der Waals surface area contributed by atoms with Crippen LogP contribution in [-0.4, -0.2) is 24.3 Å². The van der Waals surface area contributed by atoms with Crippen molar-refractivity contribution < 1.29 is 9.53 Å². The van der Waals surface area contributed by atoms with Crippen molar-refractivity contribution in [2.24, 2.45) is 0 Å². The predicted octanol–water partition coefficient (Wildman–Crippen LogP) is 4.79. The van der Waals surface area contributed by atoms with Gasteiger partial charge < -0.3 is 15.4 Å². The standard InChI is InChI=1S/C21H30N2O2/c1-15(23-20(24)25-21(3,4)5)13-14-22-16(2)18-12-8-10-17-9-6-7-11-19(17)18/h6-12,15-16,22H,13-14H2,1-5H3,(H,23,24). The average Bonchev–Trinajstić information content (AvgIpc) is 2.52. The van der Waals surface area contributed by atoms with E-state index in [1.54, 1.807) is 0 Å². The van der Waals surface area contributed by atoms with E-state index in [2.05, 4.69) is 60.0 Å². The molecule has 4 heteroatoms. The average molecular weight is 342 g/mol. The Morgan fingerprint density at radius 2 is 1.76 bits per heavy atom. The molecule has 0 aliphatic carbocycles. The van der Waals surface area contributed by atoms with Gasteiger partial charge in [0.1, 0.15) is 5.60 Å². The Balaban J connectivity index is 1.84. The van der Waals surface area contributed by atoms with E-state index in [9.17, 15) is 4.79 Å². The Hall–Kier alpha value is -2.07. The maximum atomic E-state index is 11.8. The molecule has 1 amide bonds. The van der Waals surface area contributed by atoms with E-state index in [1.807, 2.05) is 27.7 Å². The van der Waals surface area contributed by atoms with Gasteiger partial charge in [-0.3, -0.25) is 0 Å². The summed E-state index contributed by atoms with van der Waals surface area (Å²) in [7, 11) is 0. The van der Waals surface area contributed by atoms with Crippen LogP contribution in [0.1, 0.15) is 52.6 Å². The van der Waals surface area contributed by atoms with E-state index in [4.69, 9.17) is 4.74 Å². The number of ether oxygens (including phenoxy) is 1. The first-order valence-electron chi connectivity index (χ1n) is 8.97. The molecular formula is C21H30N2O2. The summed E-state index contributed by atoms with van der Waals surface area (Å²) in [6.07, 6.45) is 0.482. The highest BCUT2D eigenvalue weighted by atomic mass is 16.6. The van der Waals surface area contributed by atoms with Gasteiger partial charge in [0, 0.05) is 12.1 Å². The minimum atomic E-state index is -0.467. The normalized spacial score (nSPS) is 14.1. The maximum absolute atomic E-state index is 11.8. The van der Waals surface area contributed by atoms with Gasteiger partial charge in [-0.1, -0.05) is 42.5 Å². The highest BCUT2D eigenvalue weighted by Gasteiger charge is 2.17. The second kappa shape index (κ2) is 8.34. The molecule has 0 radical (unpaired) electrons. The largest absolute Gasteiger partial charge is 0.444 e. The Bertz CT molecular complexity index is 701. The van der Waals surface area contributed by atoms with Gasteiger partial charge >= 0.3 is 6.09 Å². The fourth-order valence-corrected chi connectivity index (χ4v) is 2.84. The monoisotopic (exact) mass is 342 g/mol. The Kier molecular flexibility index (Phi) is 6.43. The Morgan fingerprint density at radius 1 is 1.08 bits per heavy atom. The lowest BCUT2D eigenvalue weighted by molar-refractivity contribution is 0.0506. The molecule has 0 bridgehead atoms. The molecule has 2 N–H and O–H groups in total. The summed E-state index contributed by atoms with van der Waals surface area (Å²) in [4.78, 5) is 11.8. The third-order valence-electron chi connectivity index (χ3n) is 4.08. The highest BCUT2D eigenvalue weighted by Crippen LogP contribution is 2.23. The van der Waals surface area contributed by atoms with Crippen molar-refractivity contribution in [3.05, 3.63) is 48.0 Å². The summed E-state index contributed by atoms with van der Waals surface area (Å²) < 4.78 is 5.28. The van der Waals surface area contributed by atoms with Crippen molar-refractivity contribution >= 4 is 16.9 Å². The number of carbonyl (C=O) groups excluding carboxylic acids is 1. The first kappa shape index (κ1) is 19.3. The Morgan fingerprint density at radius 3 is 2.48 bits per heavy atom. The topological polar surface area (TPSA) is 50.4 Å². The molecule has 2 atom stereocenters. The third kappa shape index (κ3) is 6.05. The van der Waals surface area contributed by atoms with Crippen molar-refractivity contribution in [1.29, 1.82) is 0 Å². The molecule has 2 aromatic rings. The van der Waals surface area contributed by atoms with Crippen LogP contribution in [0, 0.1) is 0 Å². The van der Waals surface area contributed by atoms with E-state index < -0.39 is 5.60 Å². The summed E-state index contributed by atoms with van der Waals surface area (Å²) in [5, 5.41) is 8.97. The van der Waals surface area contributed by atoms with Crippen molar-refractivity contribution in [3.63, 3.8) is 0 Å². The molecule has 2 unspecified atom stereocenters. The second-order valence-electron chi connectivity index (χ2n) is 7.58. The van der Waals surface area contributed by atoms with Gasteiger partial charge in [0.2, 0.25) is 0 Å². The second-order valence-corrected chi connectivity index (χ2v) is 7.58. The predicted molar refractivity (Wildman–Crippen MR) is 104 cm³/mol. The van der Waals surface area contributed by atoms with Crippen LogP contribution in [0.2, 0.25) is 0 Å². The summed E-state index contributed by atoms with van der Waals surface area (Å²) >= 11 is 0. The number of alkyl carbamates (subject to hydrolysis) is 1. The van der Waals surface area contributed by atoms with Crippen LogP contribution in [0.5, 0.6) is 0 Å². The zero-order chi connectivity index (χ0) is 18.4. The molecule has 2 aromatic carbocycles. The van der Waals surface area contributed by atoms with Gasteiger partial charge in [-0.05, 0) is 63.9 Å². The quantitative estimate of drug-likeness (QED) is 0.793. The summed E-state index contributed by atoms with van der Waals surface area (Å²) in [6.45, 7) is 10.6. The van der Waals surface area contributed by atoms with Crippen LogP contribution in [0.3, 0.4) is 0 Å². The van der Waals surface area contributed by atoms with E-state index >= 15 is 0 Å². The van der Waals surface area contributed by atoms with Crippen LogP contribution in [0.25, 0.3) is 10.8 Å². The van der Waals surface area contributed by atoms with E-state index in [0.29, 0.717) is 0 Å². The molecule has 0 aromatic heterocycles. The first-order chi connectivity index (χ1) is 11.8.